The summed E-state index contributed by atoms with van der Waals surface area (Å²) in [7, 11) is 0. The fraction of sp³-hybridized carbons (Fsp3) is 0.938. The van der Waals surface area contributed by atoms with Gasteiger partial charge in [0.15, 0.2) is 0 Å². The minimum atomic E-state index is -0.304. The van der Waals surface area contributed by atoms with Crippen molar-refractivity contribution < 1.29 is 9.90 Å². The molecule has 0 aliphatic heterocycles. The summed E-state index contributed by atoms with van der Waals surface area (Å²) in [6.07, 6.45) is 5.06. The molecule has 3 N–H and O–H groups in total. The first-order valence-corrected chi connectivity index (χ1v) is 8.11. The summed E-state index contributed by atoms with van der Waals surface area (Å²) in [6.45, 7) is 9.02. The van der Waals surface area contributed by atoms with Crippen molar-refractivity contribution in [2.75, 3.05) is 6.54 Å². The predicted octanol–water partition coefficient (Wildman–Crippen LogP) is 2.91. The van der Waals surface area contributed by atoms with Crippen LogP contribution < -0.4 is 10.6 Å². The highest BCUT2D eigenvalue weighted by atomic mass is 16.3. The number of hydrogen-bond acceptors (Lipinski definition) is 2. The van der Waals surface area contributed by atoms with E-state index >= 15 is 0 Å². The summed E-state index contributed by atoms with van der Waals surface area (Å²) in [5.41, 5.74) is 0. The number of rotatable bonds is 6. The highest BCUT2D eigenvalue weighted by Gasteiger charge is 2.24. The molecule has 2 amide bonds. The second kappa shape index (κ2) is 8.50. The van der Waals surface area contributed by atoms with Crippen LogP contribution in [0.5, 0.6) is 0 Å². The standard InChI is InChI=1S/C16H32N2O2/c1-11(2)14-5-7-15(8-6-14)18-16(20)17-10-12(3)9-13(4)19/h11-15,19H,5-10H2,1-4H3,(H2,17,18,20). The number of amides is 2. The zero-order chi connectivity index (χ0) is 15.1. The summed E-state index contributed by atoms with van der Waals surface area (Å²) in [5, 5.41) is 15.3. The average molecular weight is 284 g/mol. The number of carbonyl (C=O) groups is 1. The molecule has 1 saturated carbocycles. The Bertz CT molecular complexity index is 284. The first-order chi connectivity index (χ1) is 9.38. The second-order valence-corrected chi connectivity index (χ2v) is 6.90. The maximum atomic E-state index is 11.8. The van der Waals surface area contributed by atoms with Gasteiger partial charge >= 0.3 is 6.03 Å². The van der Waals surface area contributed by atoms with Crippen LogP contribution in [-0.2, 0) is 0 Å². The summed E-state index contributed by atoms with van der Waals surface area (Å²) >= 11 is 0. The van der Waals surface area contributed by atoms with Gasteiger partial charge in [-0.3, -0.25) is 0 Å². The number of aliphatic hydroxyl groups excluding tert-OH is 1. The van der Waals surface area contributed by atoms with Crippen molar-refractivity contribution in [3.05, 3.63) is 0 Å². The monoisotopic (exact) mass is 284 g/mol. The molecule has 1 aliphatic carbocycles. The van der Waals surface area contributed by atoms with Crippen LogP contribution in [0.15, 0.2) is 0 Å². The lowest BCUT2D eigenvalue weighted by Gasteiger charge is -2.31. The molecule has 0 heterocycles. The highest BCUT2D eigenvalue weighted by Crippen LogP contribution is 2.29. The number of carbonyl (C=O) groups excluding carboxylic acids is 1. The molecule has 0 saturated heterocycles. The van der Waals surface area contributed by atoms with Crippen LogP contribution in [0.4, 0.5) is 4.79 Å². The van der Waals surface area contributed by atoms with E-state index in [-0.39, 0.29) is 12.1 Å². The Balaban J connectivity index is 2.17. The Labute approximate surface area is 123 Å². The maximum absolute atomic E-state index is 11.8. The van der Waals surface area contributed by atoms with Gasteiger partial charge in [-0.2, -0.15) is 0 Å². The zero-order valence-corrected chi connectivity index (χ0v) is 13.5. The minimum Gasteiger partial charge on any atom is -0.393 e. The Kier molecular flexibility index (Phi) is 7.35. The van der Waals surface area contributed by atoms with Gasteiger partial charge in [0.25, 0.3) is 0 Å². The third-order valence-electron chi connectivity index (χ3n) is 4.40. The van der Waals surface area contributed by atoms with Crippen molar-refractivity contribution in [3.63, 3.8) is 0 Å². The van der Waals surface area contributed by atoms with Gasteiger partial charge in [-0.25, -0.2) is 4.79 Å². The van der Waals surface area contributed by atoms with Gasteiger partial charge in [0.05, 0.1) is 6.10 Å². The topological polar surface area (TPSA) is 61.4 Å². The molecule has 118 valence electrons. The van der Waals surface area contributed by atoms with E-state index in [1.165, 1.54) is 12.8 Å². The van der Waals surface area contributed by atoms with Gasteiger partial charge in [-0.1, -0.05) is 20.8 Å². The van der Waals surface area contributed by atoms with Crippen LogP contribution in [-0.4, -0.2) is 29.8 Å². The minimum absolute atomic E-state index is 0.0598. The van der Waals surface area contributed by atoms with Crippen molar-refractivity contribution in [3.8, 4) is 0 Å². The van der Waals surface area contributed by atoms with Crippen molar-refractivity contribution >= 4 is 6.03 Å². The van der Waals surface area contributed by atoms with Crippen LogP contribution in [0.3, 0.4) is 0 Å². The Morgan fingerprint density at radius 1 is 1.15 bits per heavy atom. The lowest BCUT2D eigenvalue weighted by molar-refractivity contribution is 0.162. The van der Waals surface area contributed by atoms with Crippen molar-refractivity contribution in [1.82, 2.24) is 10.6 Å². The summed E-state index contributed by atoms with van der Waals surface area (Å²) in [4.78, 5) is 11.8. The average Bonchev–Trinajstić information content (AvgIpc) is 2.36. The van der Waals surface area contributed by atoms with Crippen molar-refractivity contribution in [2.24, 2.45) is 17.8 Å². The molecule has 0 aromatic rings. The molecule has 0 radical (unpaired) electrons. The van der Waals surface area contributed by atoms with E-state index in [4.69, 9.17) is 0 Å². The molecular formula is C16H32N2O2. The third kappa shape index (κ3) is 6.60. The Morgan fingerprint density at radius 2 is 1.75 bits per heavy atom. The molecule has 1 rings (SSSR count). The quantitative estimate of drug-likeness (QED) is 0.702. The zero-order valence-electron chi connectivity index (χ0n) is 13.5. The van der Waals surface area contributed by atoms with Gasteiger partial charge in [-0.05, 0) is 56.8 Å². The molecule has 2 unspecified atom stereocenters. The van der Waals surface area contributed by atoms with E-state index in [2.05, 4.69) is 24.5 Å². The Hall–Kier alpha value is -0.770. The molecule has 20 heavy (non-hydrogen) atoms. The number of hydrogen-bond donors (Lipinski definition) is 3. The smallest absolute Gasteiger partial charge is 0.315 e. The van der Waals surface area contributed by atoms with E-state index in [9.17, 15) is 9.90 Å². The number of nitrogens with one attached hydrogen (secondary N) is 2. The van der Waals surface area contributed by atoms with Crippen LogP contribution in [0, 0.1) is 17.8 Å². The van der Waals surface area contributed by atoms with Gasteiger partial charge in [0.2, 0.25) is 0 Å². The predicted molar refractivity (Wildman–Crippen MR) is 82.6 cm³/mol. The van der Waals surface area contributed by atoms with Crippen molar-refractivity contribution in [1.29, 1.82) is 0 Å². The molecular weight excluding hydrogens is 252 g/mol. The molecule has 2 atom stereocenters. The van der Waals surface area contributed by atoms with Crippen LogP contribution in [0.25, 0.3) is 0 Å². The van der Waals surface area contributed by atoms with E-state index in [1.807, 2.05) is 6.92 Å². The maximum Gasteiger partial charge on any atom is 0.315 e. The normalized spacial score (nSPS) is 26.1. The van der Waals surface area contributed by atoms with Crippen LogP contribution in [0.2, 0.25) is 0 Å². The molecule has 4 heteroatoms. The molecule has 1 fully saturated rings. The lowest BCUT2D eigenvalue weighted by atomic mass is 9.80. The van der Waals surface area contributed by atoms with Crippen molar-refractivity contribution in [2.45, 2.75) is 71.9 Å². The second-order valence-electron chi connectivity index (χ2n) is 6.90. The third-order valence-corrected chi connectivity index (χ3v) is 4.40. The fourth-order valence-corrected chi connectivity index (χ4v) is 3.10. The summed E-state index contributed by atoms with van der Waals surface area (Å²) in [6, 6.07) is 0.271. The van der Waals surface area contributed by atoms with E-state index in [0.29, 0.717) is 18.5 Å². The largest absolute Gasteiger partial charge is 0.393 e. The Morgan fingerprint density at radius 3 is 2.25 bits per heavy atom. The van der Waals surface area contributed by atoms with E-state index < -0.39 is 0 Å². The first kappa shape index (κ1) is 17.3. The van der Waals surface area contributed by atoms with Gasteiger partial charge in [0.1, 0.15) is 0 Å². The molecule has 0 spiro atoms. The molecule has 1 aliphatic rings. The van der Waals surface area contributed by atoms with E-state index in [1.54, 1.807) is 6.92 Å². The highest BCUT2D eigenvalue weighted by molar-refractivity contribution is 5.74. The number of aliphatic hydroxyl groups is 1. The van der Waals surface area contributed by atoms with Gasteiger partial charge in [-0.15, -0.1) is 0 Å². The molecule has 0 aromatic carbocycles. The van der Waals surface area contributed by atoms with Crippen LogP contribution >= 0.6 is 0 Å². The molecule has 0 aromatic heterocycles. The lowest BCUT2D eigenvalue weighted by Crippen LogP contribution is -2.45. The van der Waals surface area contributed by atoms with Crippen LogP contribution in [0.1, 0.15) is 59.8 Å². The first-order valence-electron chi connectivity index (χ1n) is 8.11. The summed E-state index contributed by atoms with van der Waals surface area (Å²) < 4.78 is 0. The fourth-order valence-electron chi connectivity index (χ4n) is 3.10. The van der Waals surface area contributed by atoms with Gasteiger partial charge in [0, 0.05) is 12.6 Å². The SMILES string of the molecule is CC(O)CC(C)CNC(=O)NC1CCC(C(C)C)CC1. The van der Waals surface area contributed by atoms with E-state index in [0.717, 1.165) is 31.1 Å². The molecule has 0 bridgehead atoms. The summed E-state index contributed by atoms with van der Waals surface area (Å²) in [5.74, 6) is 1.88. The number of urea groups is 1. The molecule has 4 nitrogen and oxygen atoms in total. The van der Waals surface area contributed by atoms with Gasteiger partial charge < -0.3 is 15.7 Å².